The number of nitrogens with one attached hydrogen (secondary N) is 2. The van der Waals surface area contributed by atoms with Crippen molar-refractivity contribution in [1.29, 1.82) is 0 Å². The number of rotatable bonds is 9. The van der Waals surface area contributed by atoms with E-state index in [0.717, 1.165) is 23.3 Å². The van der Waals surface area contributed by atoms with Crippen LogP contribution in [0.15, 0.2) is 77.7 Å². The molecule has 162 valence electrons. The molecule has 2 N–H and O–H groups in total. The zero-order chi connectivity index (χ0) is 22.3. The summed E-state index contributed by atoms with van der Waals surface area (Å²) in [5, 5.41) is 2.84. The highest BCUT2D eigenvalue weighted by Gasteiger charge is 2.17. The van der Waals surface area contributed by atoms with Crippen LogP contribution in [0.1, 0.15) is 34.8 Å². The Kier molecular flexibility index (Phi) is 7.44. The summed E-state index contributed by atoms with van der Waals surface area (Å²) in [5.74, 6) is 0.361. The first-order valence-corrected chi connectivity index (χ1v) is 11.6. The molecule has 0 spiro atoms. The first kappa shape index (κ1) is 22.5. The first-order chi connectivity index (χ1) is 14.9. The molecule has 3 rings (SSSR count). The topological polar surface area (TPSA) is 84.5 Å². The van der Waals surface area contributed by atoms with Crippen LogP contribution in [0.3, 0.4) is 0 Å². The van der Waals surface area contributed by atoms with Crippen molar-refractivity contribution in [3.63, 3.8) is 0 Å². The van der Waals surface area contributed by atoms with Gasteiger partial charge in [0, 0.05) is 17.8 Å². The Balaban J connectivity index is 1.71. The van der Waals surface area contributed by atoms with E-state index >= 15 is 0 Å². The van der Waals surface area contributed by atoms with Crippen LogP contribution < -0.4 is 14.8 Å². The number of anilines is 1. The van der Waals surface area contributed by atoms with Gasteiger partial charge in [0.2, 0.25) is 10.0 Å². The lowest BCUT2D eigenvalue weighted by Gasteiger charge is -2.12. The molecule has 0 aromatic heterocycles. The van der Waals surface area contributed by atoms with Gasteiger partial charge in [-0.25, -0.2) is 13.1 Å². The van der Waals surface area contributed by atoms with E-state index < -0.39 is 10.0 Å². The van der Waals surface area contributed by atoms with Crippen LogP contribution in [-0.2, 0) is 16.6 Å². The Bertz CT molecular complexity index is 1150. The molecule has 0 unspecified atom stereocenters. The van der Waals surface area contributed by atoms with Crippen molar-refractivity contribution < 1.29 is 17.9 Å². The Morgan fingerprint density at radius 2 is 1.74 bits per heavy atom. The molecule has 0 saturated carbocycles. The van der Waals surface area contributed by atoms with Gasteiger partial charge in [0.05, 0.1) is 11.5 Å². The van der Waals surface area contributed by atoms with Crippen molar-refractivity contribution in [2.45, 2.75) is 31.7 Å². The normalized spacial score (nSPS) is 11.2. The smallest absolute Gasteiger partial charge is 0.255 e. The first-order valence-electron chi connectivity index (χ1n) is 10.1. The average molecular weight is 439 g/mol. The number of hydrogen-bond acceptors (Lipinski definition) is 4. The van der Waals surface area contributed by atoms with E-state index in [2.05, 4.69) is 10.0 Å². The van der Waals surface area contributed by atoms with Gasteiger partial charge in [-0.1, -0.05) is 43.3 Å². The van der Waals surface area contributed by atoms with E-state index in [1.165, 1.54) is 12.1 Å². The molecule has 0 fully saturated rings. The summed E-state index contributed by atoms with van der Waals surface area (Å²) in [6.45, 7) is 4.71. The Hall–Kier alpha value is -3.16. The average Bonchev–Trinajstić information content (AvgIpc) is 2.78. The van der Waals surface area contributed by atoms with Gasteiger partial charge in [-0.2, -0.15) is 0 Å². The quantitative estimate of drug-likeness (QED) is 0.515. The molecule has 0 saturated heterocycles. The van der Waals surface area contributed by atoms with Crippen LogP contribution in [0.25, 0.3) is 0 Å². The second-order valence-electron chi connectivity index (χ2n) is 7.12. The molecule has 7 heteroatoms. The molecule has 3 aromatic carbocycles. The van der Waals surface area contributed by atoms with Gasteiger partial charge >= 0.3 is 0 Å². The molecule has 0 aliphatic rings. The van der Waals surface area contributed by atoms with Gasteiger partial charge in [0.25, 0.3) is 5.91 Å². The number of carbonyl (C=O) groups excluding carboxylic acids is 1. The molecule has 1 amide bonds. The molecule has 0 radical (unpaired) electrons. The number of hydrogen-bond donors (Lipinski definition) is 2. The Morgan fingerprint density at radius 1 is 0.968 bits per heavy atom. The summed E-state index contributed by atoms with van der Waals surface area (Å²) >= 11 is 0. The Labute approximate surface area is 183 Å². The van der Waals surface area contributed by atoms with Gasteiger partial charge in [-0.05, 0) is 60.9 Å². The SMILES string of the molecule is CCCOc1ccc(NC(=O)c2cccc(S(=O)(=O)NCc3ccccc3)c2)c(C)c1. The molecule has 31 heavy (non-hydrogen) atoms. The minimum atomic E-state index is -3.76. The number of ether oxygens (including phenoxy) is 1. The third kappa shape index (κ3) is 6.16. The third-order valence-corrected chi connectivity index (χ3v) is 6.03. The molecular weight excluding hydrogens is 412 g/mol. The zero-order valence-corrected chi connectivity index (χ0v) is 18.4. The highest BCUT2D eigenvalue weighted by atomic mass is 32.2. The van der Waals surface area contributed by atoms with Crippen molar-refractivity contribution >= 4 is 21.6 Å². The van der Waals surface area contributed by atoms with Crippen LogP contribution >= 0.6 is 0 Å². The molecule has 0 heterocycles. The second kappa shape index (κ2) is 10.2. The standard InChI is InChI=1S/C24H26N2O4S/c1-3-14-30-21-12-13-23(18(2)15-21)26-24(27)20-10-7-11-22(16-20)31(28,29)25-17-19-8-5-4-6-9-19/h4-13,15-16,25H,3,14,17H2,1-2H3,(H,26,27). The number of sulfonamides is 1. The van der Waals surface area contributed by atoms with Crippen LogP contribution in [0, 0.1) is 6.92 Å². The number of carbonyl (C=O) groups is 1. The maximum Gasteiger partial charge on any atom is 0.255 e. The maximum absolute atomic E-state index is 12.7. The molecular formula is C24H26N2O4S. The predicted octanol–water partition coefficient (Wildman–Crippen LogP) is 4.51. The molecule has 0 aliphatic heterocycles. The van der Waals surface area contributed by atoms with E-state index in [4.69, 9.17) is 4.74 Å². The molecule has 0 atom stereocenters. The summed E-state index contributed by atoms with van der Waals surface area (Å²) < 4.78 is 33.5. The van der Waals surface area contributed by atoms with Gasteiger partial charge < -0.3 is 10.1 Å². The van der Waals surface area contributed by atoms with Gasteiger partial charge in [0.15, 0.2) is 0 Å². The van der Waals surface area contributed by atoms with E-state index in [-0.39, 0.29) is 22.9 Å². The lowest BCUT2D eigenvalue weighted by molar-refractivity contribution is 0.102. The van der Waals surface area contributed by atoms with Crippen molar-refractivity contribution in [2.75, 3.05) is 11.9 Å². The minimum Gasteiger partial charge on any atom is -0.494 e. The van der Waals surface area contributed by atoms with Crippen LogP contribution in [0.2, 0.25) is 0 Å². The fourth-order valence-electron chi connectivity index (χ4n) is 2.94. The van der Waals surface area contributed by atoms with Crippen molar-refractivity contribution in [3.8, 4) is 5.75 Å². The number of aryl methyl sites for hydroxylation is 1. The van der Waals surface area contributed by atoms with Crippen molar-refractivity contribution in [1.82, 2.24) is 4.72 Å². The van der Waals surface area contributed by atoms with Crippen molar-refractivity contribution in [3.05, 3.63) is 89.5 Å². The summed E-state index contributed by atoms with van der Waals surface area (Å²) in [6, 6.07) is 20.7. The molecule has 0 aliphatic carbocycles. The van der Waals surface area contributed by atoms with Crippen LogP contribution in [0.5, 0.6) is 5.75 Å². The van der Waals surface area contributed by atoms with Crippen LogP contribution in [0.4, 0.5) is 5.69 Å². The fraction of sp³-hybridized carbons (Fsp3) is 0.208. The monoisotopic (exact) mass is 438 g/mol. The molecule has 3 aromatic rings. The van der Waals surface area contributed by atoms with Gasteiger partial charge in [-0.3, -0.25) is 4.79 Å². The second-order valence-corrected chi connectivity index (χ2v) is 8.88. The molecule has 6 nitrogen and oxygen atoms in total. The lowest BCUT2D eigenvalue weighted by atomic mass is 10.1. The van der Waals surface area contributed by atoms with E-state index in [1.54, 1.807) is 24.3 Å². The summed E-state index contributed by atoms with van der Waals surface area (Å²) in [6.07, 6.45) is 0.914. The molecule has 0 bridgehead atoms. The maximum atomic E-state index is 12.7. The largest absolute Gasteiger partial charge is 0.494 e. The van der Waals surface area contributed by atoms with Gasteiger partial charge in [-0.15, -0.1) is 0 Å². The summed E-state index contributed by atoms with van der Waals surface area (Å²) in [7, 11) is -3.76. The highest BCUT2D eigenvalue weighted by Crippen LogP contribution is 2.22. The van der Waals surface area contributed by atoms with Gasteiger partial charge in [0.1, 0.15) is 5.75 Å². The van der Waals surface area contributed by atoms with E-state index in [1.807, 2.05) is 50.2 Å². The summed E-state index contributed by atoms with van der Waals surface area (Å²) in [5.41, 5.74) is 2.61. The zero-order valence-electron chi connectivity index (χ0n) is 17.6. The van der Waals surface area contributed by atoms with Crippen LogP contribution in [-0.4, -0.2) is 20.9 Å². The number of amides is 1. The van der Waals surface area contributed by atoms with E-state index in [9.17, 15) is 13.2 Å². The van der Waals surface area contributed by atoms with E-state index in [0.29, 0.717) is 12.3 Å². The minimum absolute atomic E-state index is 0.0381. The highest BCUT2D eigenvalue weighted by molar-refractivity contribution is 7.89. The fourth-order valence-corrected chi connectivity index (χ4v) is 4.01. The third-order valence-electron chi connectivity index (χ3n) is 4.63. The Morgan fingerprint density at radius 3 is 2.45 bits per heavy atom. The predicted molar refractivity (Wildman–Crippen MR) is 122 cm³/mol. The lowest BCUT2D eigenvalue weighted by Crippen LogP contribution is -2.23. The van der Waals surface area contributed by atoms with Crippen molar-refractivity contribution in [2.24, 2.45) is 0 Å². The number of benzene rings is 3. The summed E-state index contributed by atoms with van der Waals surface area (Å²) in [4.78, 5) is 12.8.